The smallest absolute Gasteiger partial charge is 0.316 e. The number of anilines is 2. The van der Waals surface area contributed by atoms with Gasteiger partial charge in [0.05, 0.1) is 4.92 Å². The van der Waals surface area contributed by atoms with Crippen LogP contribution in [-0.4, -0.2) is 11.0 Å². The Kier molecular flexibility index (Phi) is 2.93. The lowest BCUT2D eigenvalue weighted by molar-refractivity contribution is -0.383. The second kappa shape index (κ2) is 4.09. The molecular formula is C13H20N4O2. The molecule has 0 spiro atoms. The molecule has 104 valence electrons. The van der Waals surface area contributed by atoms with Gasteiger partial charge >= 0.3 is 5.69 Å². The van der Waals surface area contributed by atoms with E-state index in [0.29, 0.717) is 11.4 Å². The SMILES string of the molecule is CC1(C)C(Nc2cccc(NN)c2[N+](=O)[O-])C1(C)C. The van der Waals surface area contributed by atoms with Crippen LogP contribution < -0.4 is 16.6 Å². The minimum absolute atomic E-state index is 0.0106. The first kappa shape index (κ1) is 13.6. The standard InChI is InChI=1S/C13H20N4O2/c1-12(2)11(13(12,3)4)15-8-6-5-7-9(16-14)10(8)17(18)19/h5-7,11,15-16H,14H2,1-4H3. The van der Waals surface area contributed by atoms with Crippen LogP contribution in [0, 0.1) is 20.9 Å². The molecule has 0 saturated heterocycles. The number of nitrogen functional groups attached to an aromatic ring is 1. The van der Waals surface area contributed by atoms with Crippen LogP contribution in [0.2, 0.25) is 0 Å². The Morgan fingerprint density at radius 2 is 1.74 bits per heavy atom. The molecule has 0 unspecified atom stereocenters. The minimum Gasteiger partial charge on any atom is -0.376 e. The molecule has 1 aliphatic rings. The third-order valence-corrected chi connectivity index (χ3v) is 4.69. The largest absolute Gasteiger partial charge is 0.376 e. The van der Waals surface area contributed by atoms with Gasteiger partial charge in [0, 0.05) is 6.04 Å². The van der Waals surface area contributed by atoms with Gasteiger partial charge in [0.15, 0.2) is 0 Å². The summed E-state index contributed by atoms with van der Waals surface area (Å²) in [5, 5.41) is 14.5. The summed E-state index contributed by atoms with van der Waals surface area (Å²) in [5.41, 5.74) is 3.38. The van der Waals surface area contributed by atoms with E-state index >= 15 is 0 Å². The van der Waals surface area contributed by atoms with Gasteiger partial charge in [0.25, 0.3) is 0 Å². The van der Waals surface area contributed by atoms with Crippen molar-refractivity contribution in [2.75, 3.05) is 10.7 Å². The van der Waals surface area contributed by atoms with E-state index in [1.807, 2.05) is 0 Å². The summed E-state index contributed by atoms with van der Waals surface area (Å²) in [6.07, 6.45) is 0. The van der Waals surface area contributed by atoms with Crippen molar-refractivity contribution in [3.63, 3.8) is 0 Å². The predicted octanol–water partition coefficient (Wildman–Crippen LogP) is 2.73. The van der Waals surface area contributed by atoms with Gasteiger partial charge in [-0.05, 0) is 23.0 Å². The van der Waals surface area contributed by atoms with Crippen molar-refractivity contribution in [2.45, 2.75) is 33.7 Å². The van der Waals surface area contributed by atoms with E-state index in [1.54, 1.807) is 18.2 Å². The van der Waals surface area contributed by atoms with E-state index in [-0.39, 0.29) is 22.6 Å². The number of nitrogens with zero attached hydrogens (tertiary/aromatic N) is 1. The van der Waals surface area contributed by atoms with Crippen LogP contribution >= 0.6 is 0 Å². The van der Waals surface area contributed by atoms with Crippen molar-refractivity contribution in [3.8, 4) is 0 Å². The maximum atomic E-state index is 11.2. The van der Waals surface area contributed by atoms with Crippen LogP contribution in [0.15, 0.2) is 18.2 Å². The molecule has 4 N–H and O–H groups in total. The number of rotatable bonds is 4. The number of nitrogens with one attached hydrogen (secondary N) is 2. The summed E-state index contributed by atoms with van der Waals surface area (Å²) < 4.78 is 0. The lowest BCUT2D eigenvalue weighted by Crippen LogP contribution is -2.14. The molecule has 1 aromatic rings. The van der Waals surface area contributed by atoms with Crippen molar-refractivity contribution < 1.29 is 4.92 Å². The number of nitro groups is 1. The molecular weight excluding hydrogens is 244 g/mol. The summed E-state index contributed by atoms with van der Waals surface area (Å²) >= 11 is 0. The lowest BCUT2D eigenvalue weighted by Gasteiger charge is -2.11. The molecule has 19 heavy (non-hydrogen) atoms. The van der Waals surface area contributed by atoms with Crippen molar-refractivity contribution in [1.82, 2.24) is 0 Å². The van der Waals surface area contributed by atoms with E-state index in [0.717, 1.165) is 0 Å². The van der Waals surface area contributed by atoms with Crippen molar-refractivity contribution in [2.24, 2.45) is 16.7 Å². The molecule has 0 heterocycles. The Morgan fingerprint density at radius 1 is 1.21 bits per heavy atom. The molecule has 1 aromatic carbocycles. The van der Waals surface area contributed by atoms with Gasteiger partial charge < -0.3 is 10.7 Å². The number of para-hydroxylation sites is 1. The molecule has 6 nitrogen and oxygen atoms in total. The summed E-state index contributed by atoms with van der Waals surface area (Å²) in [6.45, 7) is 8.62. The monoisotopic (exact) mass is 264 g/mol. The van der Waals surface area contributed by atoms with Crippen molar-refractivity contribution in [1.29, 1.82) is 0 Å². The Labute approximate surface area is 112 Å². The van der Waals surface area contributed by atoms with Crippen LogP contribution in [0.1, 0.15) is 27.7 Å². The van der Waals surface area contributed by atoms with Crippen molar-refractivity contribution >= 4 is 17.1 Å². The number of benzene rings is 1. The fourth-order valence-corrected chi connectivity index (χ4v) is 2.69. The molecule has 0 atom stereocenters. The first-order chi connectivity index (χ1) is 8.73. The Morgan fingerprint density at radius 3 is 2.16 bits per heavy atom. The number of hydrogen-bond acceptors (Lipinski definition) is 5. The Balaban J connectivity index is 2.35. The number of hydrazine groups is 1. The zero-order valence-corrected chi connectivity index (χ0v) is 11.7. The zero-order chi connectivity index (χ0) is 14.4. The van der Waals surface area contributed by atoms with Crippen LogP contribution in [0.4, 0.5) is 17.1 Å². The normalized spacial score (nSPS) is 19.8. The first-order valence-corrected chi connectivity index (χ1v) is 6.24. The number of hydrogen-bond donors (Lipinski definition) is 3. The van der Waals surface area contributed by atoms with E-state index in [2.05, 4.69) is 38.4 Å². The fourth-order valence-electron chi connectivity index (χ4n) is 2.69. The fraction of sp³-hybridized carbons (Fsp3) is 0.538. The molecule has 1 saturated carbocycles. The molecule has 0 amide bonds. The summed E-state index contributed by atoms with van der Waals surface area (Å²) in [6, 6.07) is 5.25. The van der Waals surface area contributed by atoms with Crippen molar-refractivity contribution in [3.05, 3.63) is 28.3 Å². The number of nitro benzene ring substituents is 1. The van der Waals surface area contributed by atoms with E-state index < -0.39 is 4.92 Å². The van der Waals surface area contributed by atoms with Crippen LogP contribution in [0.5, 0.6) is 0 Å². The third-order valence-electron chi connectivity index (χ3n) is 4.69. The quantitative estimate of drug-likeness (QED) is 0.441. The highest BCUT2D eigenvalue weighted by molar-refractivity contribution is 5.76. The zero-order valence-electron chi connectivity index (χ0n) is 11.7. The van der Waals surface area contributed by atoms with Gasteiger partial charge in [0.2, 0.25) is 0 Å². The molecule has 0 aromatic heterocycles. The van der Waals surface area contributed by atoms with Gasteiger partial charge in [-0.1, -0.05) is 33.8 Å². The van der Waals surface area contributed by atoms with Gasteiger partial charge in [-0.15, -0.1) is 0 Å². The Hall–Kier alpha value is -1.82. The first-order valence-electron chi connectivity index (χ1n) is 6.24. The van der Waals surface area contributed by atoms with Crippen LogP contribution in [0.3, 0.4) is 0 Å². The molecule has 0 radical (unpaired) electrons. The highest BCUT2D eigenvalue weighted by Crippen LogP contribution is 2.64. The average molecular weight is 264 g/mol. The molecule has 1 aliphatic carbocycles. The van der Waals surface area contributed by atoms with Gasteiger partial charge in [-0.3, -0.25) is 16.0 Å². The predicted molar refractivity (Wildman–Crippen MR) is 75.9 cm³/mol. The molecule has 1 fully saturated rings. The summed E-state index contributed by atoms with van der Waals surface area (Å²) in [5.74, 6) is 5.33. The molecule has 0 aliphatic heterocycles. The van der Waals surface area contributed by atoms with E-state index in [4.69, 9.17) is 5.84 Å². The topological polar surface area (TPSA) is 93.2 Å². The third kappa shape index (κ3) is 1.92. The lowest BCUT2D eigenvalue weighted by atomic mass is 10.0. The summed E-state index contributed by atoms with van der Waals surface area (Å²) in [7, 11) is 0. The van der Waals surface area contributed by atoms with Gasteiger partial charge in [-0.25, -0.2) is 0 Å². The minimum atomic E-state index is -0.417. The maximum Gasteiger partial charge on any atom is 0.316 e. The maximum absolute atomic E-state index is 11.2. The highest BCUT2D eigenvalue weighted by atomic mass is 16.6. The summed E-state index contributed by atoms with van der Waals surface area (Å²) in [4.78, 5) is 10.8. The Bertz CT molecular complexity index is 511. The van der Waals surface area contributed by atoms with E-state index in [9.17, 15) is 10.1 Å². The molecule has 2 rings (SSSR count). The van der Waals surface area contributed by atoms with Gasteiger partial charge in [-0.2, -0.15) is 0 Å². The molecule has 6 heteroatoms. The van der Waals surface area contributed by atoms with Gasteiger partial charge in [0.1, 0.15) is 11.4 Å². The van der Waals surface area contributed by atoms with Crippen LogP contribution in [0.25, 0.3) is 0 Å². The van der Waals surface area contributed by atoms with E-state index in [1.165, 1.54) is 0 Å². The average Bonchev–Trinajstić information content (AvgIpc) is 2.71. The molecule has 0 bridgehead atoms. The highest BCUT2D eigenvalue weighted by Gasteiger charge is 2.65. The van der Waals surface area contributed by atoms with Crippen LogP contribution in [-0.2, 0) is 0 Å². The number of nitrogens with two attached hydrogens (primary N) is 1. The second-order valence-corrected chi connectivity index (χ2v) is 6.12. The second-order valence-electron chi connectivity index (χ2n) is 6.12.